The summed E-state index contributed by atoms with van der Waals surface area (Å²) in [4.78, 5) is 0. The van der Waals surface area contributed by atoms with E-state index in [9.17, 15) is 0 Å². The molecule has 68 valence electrons. The van der Waals surface area contributed by atoms with Crippen LogP contribution in [0.1, 0.15) is 30.9 Å². The molecule has 1 aliphatic rings. The van der Waals surface area contributed by atoms with Gasteiger partial charge in [0.2, 0.25) is 0 Å². The zero-order valence-corrected chi connectivity index (χ0v) is 8.50. The average Bonchev–Trinajstić information content (AvgIpc) is 2.47. The number of hydrogen-bond acceptors (Lipinski definition) is 1. The summed E-state index contributed by atoms with van der Waals surface area (Å²) in [6, 6.07) is 6.71. The number of rotatable bonds is 1. The summed E-state index contributed by atoms with van der Waals surface area (Å²) in [7, 11) is 0. The smallest absolute Gasteiger partial charge is 0.324 e. The maximum absolute atomic E-state index is 5.56. The third-order valence-electron chi connectivity index (χ3n) is 2.76. The first-order valence-corrected chi connectivity index (χ1v) is 4.93. The molecule has 1 heterocycles. The lowest BCUT2D eigenvalue weighted by atomic mass is 9.64. The van der Waals surface area contributed by atoms with Crippen molar-refractivity contribution < 1.29 is 4.65 Å². The molecule has 0 unspecified atom stereocenters. The summed E-state index contributed by atoms with van der Waals surface area (Å²) in [6.07, 6.45) is 0. The Balaban J connectivity index is 2.40. The van der Waals surface area contributed by atoms with Crippen LogP contribution in [0.15, 0.2) is 18.2 Å². The Bertz CT molecular complexity index is 320. The van der Waals surface area contributed by atoms with Gasteiger partial charge in [-0.3, -0.25) is 0 Å². The van der Waals surface area contributed by atoms with Gasteiger partial charge < -0.3 is 4.65 Å². The number of hydrogen-bond donors (Lipinski definition) is 0. The fourth-order valence-electron chi connectivity index (χ4n) is 1.81. The second kappa shape index (κ2) is 3.19. The van der Waals surface area contributed by atoms with Gasteiger partial charge in [-0.2, -0.15) is 0 Å². The van der Waals surface area contributed by atoms with E-state index >= 15 is 0 Å². The van der Waals surface area contributed by atoms with Crippen LogP contribution in [-0.2, 0) is 11.3 Å². The minimum Gasteiger partial charge on any atom is -0.427 e. The van der Waals surface area contributed by atoms with Crippen LogP contribution in [0.25, 0.3) is 0 Å². The molecule has 0 radical (unpaired) electrons. The topological polar surface area (TPSA) is 9.23 Å². The van der Waals surface area contributed by atoms with Crippen molar-refractivity contribution in [2.75, 3.05) is 0 Å². The molecule has 0 fully saturated rings. The van der Waals surface area contributed by atoms with Crippen LogP contribution in [0.5, 0.6) is 0 Å². The van der Waals surface area contributed by atoms with Gasteiger partial charge in [0.05, 0.1) is 6.61 Å². The van der Waals surface area contributed by atoms with Gasteiger partial charge in [0, 0.05) is 0 Å². The van der Waals surface area contributed by atoms with Crippen molar-refractivity contribution in [1.29, 1.82) is 0 Å². The van der Waals surface area contributed by atoms with E-state index in [1.54, 1.807) is 0 Å². The predicted octanol–water partition coefficient (Wildman–Crippen LogP) is 2.17. The Kier molecular flexibility index (Phi) is 2.16. The van der Waals surface area contributed by atoms with Crippen LogP contribution >= 0.6 is 0 Å². The Morgan fingerprint density at radius 2 is 2.15 bits per heavy atom. The molecule has 1 aromatic rings. The van der Waals surface area contributed by atoms with E-state index in [2.05, 4.69) is 38.9 Å². The van der Waals surface area contributed by atoms with E-state index in [4.69, 9.17) is 4.65 Å². The standard InChI is InChI=1S/C11H15BO/c1-8(2)9-4-5-11-10(6-9)7-13-12(11)3/h4-6,8H,7H2,1-3H3. The molecule has 0 saturated carbocycles. The van der Waals surface area contributed by atoms with Crippen molar-refractivity contribution in [3.8, 4) is 0 Å². The Hall–Kier alpha value is -0.755. The molecule has 0 N–H and O–H groups in total. The van der Waals surface area contributed by atoms with E-state index in [1.165, 1.54) is 16.6 Å². The highest BCUT2D eigenvalue weighted by Crippen LogP contribution is 2.18. The Morgan fingerprint density at radius 3 is 2.85 bits per heavy atom. The lowest BCUT2D eigenvalue weighted by Crippen LogP contribution is -2.24. The largest absolute Gasteiger partial charge is 0.427 e. The zero-order chi connectivity index (χ0) is 9.42. The molecule has 1 aliphatic heterocycles. The summed E-state index contributed by atoms with van der Waals surface area (Å²) >= 11 is 0. The van der Waals surface area contributed by atoms with Gasteiger partial charge in [0.1, 0.15) is 0 Å². The van der Waals surface area contributed by atoms with Gasteiger partial charge in [0.25, 0.3) is 0 Å². The lowest BCUT2D eigenvalue weighted by molar-refractivity contribution is 0.333. The van der Waals surface area contributed by atoms with Crippen molar-refractivity contribution in [2.24, 2.45) is 0 Å². The van der Waals surface area contributed by atoms with Gasteiger partial charge in [-0.1, -0.05) is 38.9 Å². The Morgan fingerprint density at radius 1 is 1.38 bits per heavy atom. The first-order chi connectivity index (χ1) is 6.18. The SMILES string of the molecule is CB1OCc2cc(C(C)C)ccc21. The minimum atomic E-state index is 0.288. The molecule has 0 spiro atoms. The van der Waals surface area contributed by atoms with E-state index in [0.717, 1.165) is 6.61 Å². The van der Waals surface area contributed by atoms with E-state index < -0.39 is 0 Å². The molecule has 0 atom stereocenters. The minimum absolute atomic E-state index is 0.288. The summed E-state index contributed by atoms with van der Waals surface area (Å²) in [5.41, 5.74) is 4.15. The van der Waals surface area contributed by atoms with Crippen LogP contribution < -0.4 is 5.46 Å². The van der Waals surface area contributed by atoms with Crippen LogP contribution in [-0.4, -0.2) is 6.92 Å². The average molecular weight is 174 g/mol. The molecule has 2 rings (SSSR count). The molecule has 0 aliphatic carbocycles. The highest BCUT2D eigenvalue weighted by Gasteiger charge is 2.23. The van der Waals surface area contributed by atoms with Crippen LogP contribution in [0, 0.1) is 0 Å². The van der Waals surface area contributed by atoms with Crippen molar-refractivity contribution in [1.82, 2.24) is 0 Å². The molecule has 0 aromatic heterocycles. The van der Waals surface area contributed by atoms with Crippen LogP contribution in [0.4, 0.5) is 0 Å². The molecule has 0 saturated heterocycles. The molecule has 0 amide bonds. The number of benzene rings is 1. The van der Waals surface area contributed by atoms with Crippen molar-refractivity contribution >= 4 is 12.4 Å². The second-order valence-corrected chi connectivity index (χ2v) is 4.07. The second-order valence-electron chi connectivity index (χ2n) is 4.07. The molecule has 13 heavy (non-hydrogen) atoms. The van der Waals surface area contributed by atoms with Gasteiger partial charge in [-0.05, 0) is 22.5 Å². The molecule has 2 heteroatoms. The van der Waals surface area contributed by atoms with Crippen molar-refractivity contribution in [3.05, 3.63) is 29.3 Å². The van der Waals surface area contributed by atoms with Crippen molar-refractivity contribution in [3.63, 3.8) is 0 Å². The van der Waals surface area contributed by atoms with Gasteiger partial charge in [0.15, 0.2) is 0 Å². The summed E-state index contributed by atoms with van der Waals surface area (Å²) in [5, 5.41) is 0. The summed E-state index contributed by atoms with van der Waals surface area (Å²) in [6.45, 7) is 7.64. The van der Waals surface area contributed by atoms with Crippen molar-refractivity contribution in [2.45, 2.75) is 33.2 Å². The predicted molar refractivity (Wildman–Crippen MR) is 56.6 cm³/mol. The molecule has 0 bridgehead atoms. The first kappa shape index (κ1) is 8.83. The monoisotopic (exact) mass is 174 g/mol. The van der Waals surface area contributed by atoms with E-state index in [0.29, 0.717) is 5.92 Å². The fraction of sp³-hybridized carbons (Fsp3) is 0.455. The number of fused-ring (bicyclic) bond motifs is 1. The summed E-state index contributed by atoms with van der Waals surface area (Å²) in [5.74, 6) is 0.612. The van der Waals surface area contributed by atoms with E-state index in [1.807, 2.05) is 0 Å². The van der Waals surface area contributed by atoms with Gasteiger partial charge in [-0.15, -0.1) is 0 Å². The maximum Gasteiger partial charge on any atom is 0.324 e. The fourth-order valence-corrected chi connectivity index (χ4v) is 1.81. The zero-order valence-electron chi connectivity index (χ0n) is 8.50. The quantitative estimate of drug-likeness (QED) is 0.593. The molecular weight excluding hydrogens is 159 g/mol. The molecule has 1 aromatic carbocycles. The van der Waals surface area contributed by atoms with Crippen LogP contribution in [0.2, 0.25) is 6.82 Å². The third kappa shape index (κ3) is 1.51. The molecule has 1 nitrogen and oxygen atoms in total. The van der Waals surface area contributed by atoms with Gasteiger partial charge in [-0.25, -0.2) is 0 Å². The first-order valence-electron chi connectivity index (χ1n) is 4.93. The lowest BCUT2D eigenvalue weighted by Gasteiger charge is -2.07. The third-order valence-corrected chi connectivity index (χ3v) is 2.76. The highest BCUT2D eigenvalue weighted by atomic mass is 16.4. The van der Waals surface area contributed by atoms with Crippen LogP contribution in [0.3, 0.4) is 0 Å². The molecular formula is C11H15BO. The normalized spacial score (nSPS) is 15.2. The van der Waals surface area contributed by atoms with Gasteiger partial charge >= 0.3 is 6.92 Å². The highest BCUT2D eigenvalue weighted by molar-refractivity contribution is 6.67. The summed E-state index contributed by atoms with van der Waals surface area (Å²) < 4.78 is 5.56. The Labute approximate surface area is 80.2 Å². The van der Waals surface area contributed by atoms with E-state index in [-0.39, 0.29) is 6.92 Å². The maximum atomic E-state index is 5.56.